The molecule has 0 saturated carbocycles. The molecule has 0 aliphatic carbocycles. The number of carbonyl (C=O) groups excluding carboxylic acids is 4. The van der Waals surface area contributed by atoms with Gasteiger partial charge < -0.3 is 23.8 Å². The molecule has 10 heteroatoms. The summed E-state index contributed by atoms with van der Waals surface area (Å²) in [6.07, 6.45) is 39.3. The third kappa shape index (κ3) is 30.4. The SMILES string of the molecule is CCCCCCCCC(CCCCCCCC)OC(=O)C(C)(C)CCCCCCOC(=O)[C@@H]1C[C@H](OC(=O)C2CN(C)C2)CN1CCCCCCCC(=O)OCCCC(CCCCC)CCCCC. The lowest BCUT2D eigenvalue weighted by molar-refractivity contribution is -0.161. The molecule has 2 rings (SSSR count). The molecule has 2 heterocycles. The van der Waals surface area contributed by atoms with E-state index in [4.69, 9.17) is 18.9 Å². The van der Waals surface area contributed by atoms with Crippen LogP contribution in [0.3, 0.4) is 0 Å². The molecule has 0 aromatic carbocycles. The van der Waals surface area contributed by atoms with Crippen molar-refractivity contribution in [3.05, 3.63) is 0 Å². The molecular formula is C59H110N2O8. The number of ether oxygens (including phenoxy) is 4. The second kappa shape index (κ2) is 40.3. The van der Waals surface area contributed by atoms with Gasteiger partial charge in [0.1, 0.15) is 18.2 Å². The minimum Gasteiger partial charge on any atom is -0.466 e. The van der Waals surface area contributed by atoms with Crippen LogP contribution in [0.25, 0.3) is 0 Å². The minimum atomic E-state index is -0.522. The highest BCUT2D eigenvalue weighted by Gasteiger charge is 2.41. The maximum absolute atomic E-state index is 13.5. The number of esters is 4. The van der Waals surface area contributed by atoms with Gasteiger partial charge in [-0.1, -0.05) is 182 Å². The molecule has 2 fully saturated rings. The summed E-state index contributed by atoms with van der Waals surface area (Å²) < 4.78 is 23.7. The van der Waals surface area contributed by atoms with Gasteiger partial charge in [-0.15, -0.1) is 0 Å². The Morgan fingerprint density at radius 1 is 0.536 bits per heavy atom. The van der Waals surface area contributed by atoms with E-state index in [9.17, 15) is 19.2 Å². The predicted octanol–water partition coefficient (Wildman–Crippen LogP) is 14.9. The average Bonchev–Trinajstić information content (AvgIpc) is 3.72. The maximum Gasteiger partial charge on any atom is 0.323 e. The molecule has 0 unspecified atom stereocenters. The van der Waals surface area contributed by atoms with Crippen LogP contribution in [0.5, 0.6) is 0 Å². The lowest BCUT2D eigenvalue weighted by Gasteiger charge is -2.34. The van der Waals surface area contributed by atoms with E-state index in [2.05, 4.69) is 37.5 Å². The summed E-state index contributed by atoms with van der Waals surface area (Å²) in [7, 11) is 2.00. The molecule has 0 aromatic rings. The summed E-state index contributed by atoms with van der Waals surface area (Å²) in [6.45, 7) is 16.7. The molecule has 10 nitrogen and oxygen atoms in total. The molecule has 2 aliphatic rings. The van der Waals surface area contributed by atoms with Crippen molar-refractivity contribution in [1.82, 2.24) is 9.80 Å². The second-order valence-corrected chi connectivity index (χ2v) is 22.3. The first kappa shape index (κ1) is 62.9. The Labute approximate surface area is 425 Å². The number of hydrogen-bond donors (Lipinski definition) is 0. The van der Waals surface area contributed by atoms with Gasteiger partial charge >= 0.3 is 23.9 Å². The van der Waals surface area contributed by atoms with Gasteiger partial charge in [0.2, 0.25) is 0 Å². The van der Waals surface area contributed by atoms with Crippen LogP contribution in [0, 0.1) is 17.3 Å². The molecule has 0 bridgehead atoms. The van der Waals surface area contributed by atoms with Crippen LogP contribution in [0.15, 0.2) is 0 Å². The topological polar surface area (TPSA) is 112 Å². The fraction of sp³-hybridized carbons (Fsp3) is 0.932. The Morgan fingerprint density at radius 3 is 1.64 bits per heavy atom. The number of hydrogen-bond acceptors (Lipinski definition) is 10. The van der Waals surface area contributed by atoms with Gasteiger partial charge in [-0.2, -0.15) is 0 Å². The number of unbranched alkanes of at least 4 members (excludes halogenated alkanes) is 21. The molecule has 0 N–H and O–H groups in total. The van der Waals surface area contributed by atoms with Crippen molar-refractivity contribution in [2.45, 2.75) is 291 Å². The largest absolute Gasteiger partial charge is 0.466 e. The molecule has 2 atom stereocenters. The van der Waals surface area contributed by atoms with Crippen LogP contribution in [-0.4, -0.2) is 98.4 Å². The van der Waals surface area contributed by atoms with E-state index in [1.54, 1.807) is 0 Å². The average molecular weight is 976 g/mol. The first-order valence-corrected chi connectivity index (χ1v) is 29.6. The van der Waals surface area contributed by atoms with Crippen LogP contribution in [0.4, 0.5) is 0 Å². The molecule has 404 valence electrons. The van der Waals surface area contributed by atoms with E-state index in [0.717, 1.165) is 128 Å². The molecule has 2 aliphatic heterocycles. The zero-order chi connectivity index (χ0) is 50.4. The van der Waals surface area contributed by atoms with Crippen LogP contribution in [0.2, 0.25) is 0 Å². The van der Waals surface area contributed by atoms with E-state index >= 15 is 0 Å². The molecule has 0 aromatic heterocycles. The number of rotatable bonds is 46. The minimum absolute atomic E-state index is 0.0262. The highest BCUT2D eigenvalue weighted by molar-refractivity contribution is 5.77. The van der Waals surface area contributed by atoms with E-state index in [1.807, 2.05) is 20.9 Å². The monoisotopic (exact) mass is 975 g/mol. The Bertz CT molecular complexity index is 1280. The van der Waals surface area contributed by atoms with E-state index < -0.39 is 11.5 Å². The van der Waals surface area contributed by atoms with Gasteiger partial charge in [-0.3, -0.25) is 24.1 Å². The van der Waals surface area contributed by atoms with Crippen LogP contribution in [0.1, 0.15) is 273 Å². The fourth-order valence-corrected chi connectivity index (χ4v) is 10.4. The van der Waals surface area contributed by atoms with Gasteiger partial charge in [0, 0.05) is 32.5 Å². The smallest absolute Gasteiger partial charge is 0.323 e. The number of nitrogens with zero attached hydrogens (tertiary/aromatic N) is 2. The Morgan fingerprint density at radius 2 is 1.03 bits per heavy atom. The van der Waals surface area contributed by atoms with Crippen molar-refractivity contribution in [3.8, 4) is 0 Å². The standard InChI is InChI=1S/C59H110N2O8/c1-8-12-16-18-21-29-39-52(40-30-22-19-17-13-9-2)69-58(65)59(5,6)42-32-24-26-34-44-67-57(64)54-46-53(68-56(63)51-47-60(7)48-51)49-61(54)43-33-25-20-23-31-41-55(62)66-45-35-38-50(36-27-14-10-3)37-28-15-11-4/h50-54H,8-49H2,1-7H3/t53-,54-/m0/s1. The summed E-state index contributed by atoms with van der Waals surface area (Å²) in [6, 6.07) is -0.414. The van der Waals surface area contributed by atoms with E-state index in [-0.39, 0.29) is 42.0 Å². The van der Waals surface area contributed by atoms with Crippen molar-refractivity contribution in [2.24, 2.45) is 17.3 Å². The first-order valence-electron chi connectivity index (χ1n) is 29.6. The Kier molecular flexibility index (Phi) is 36.7. The molecule has 0 spiro atoms. The third-order valence-electron chi connectivity index (χ3n) is 15.1. The van der Waals surface area contributed by atoms with Crippen molar-refractivity contribution in [3.63, 3.8) is 0 Å². The molecule has 0 amide bonds. The predicted molar refractivity (Wildman–Crippen MR) is 284 cm³/mol. The number of carbonyl (C=O) groups is 4. The van der Waals surface area contributed by atoms with Crippen LogP contribution < -0.4 is 0 Å². The van der Waals surface area contributed by atoms with Crippen LogP contribution >= 0.6 is 0 Å². The summed E-state index contributed by atoms with van der Waals surface area (Å²) in [5, 5.41) is 0. The summed E-state index contributed by atoms with van der Waals surface area (Å²) in [4.78, 5) is 56.6. The van der Waals surface area contributed by atoms with Crippen molar-refractivity contribution in [1.29, 1.82) is 0 Å². The Hall–Kier alpha value is -2.20. The first-order chi connectivity index (χ1) is 33.4. The van der Waals surface area contributed by atoms with Crippen molar-refractivity contribution >= 4 is 23.9 Å². The fourth-order valence-electron chi connectivity index (χ4n) is 10.4. The van der Waals surface area contributed by atoms with Gasteiger partial charge in [0.15, 0.2) is 0 Å². The van der Waals surface area contributed by atoms with Gasteiger partial charge in [0.05, 0.1) is 24.5 Å². The van der Waals surface area contributed by atoms with Gasteiger partial charge in [0.25, 0.3) is 0 Å². The van der Waals surface area contributed by atoms with Gasteiger partial charge in [-0.25, -0.2) is 0 Å². The number of likely N-dealkylation sites (tertiary alicyclic amines) is 2. The van der Waals surface area contributed by atoms with Crippen molar-refractivity contribution < 1.29 is 38.1 Å². The highest BCUT2D eigenvalue weighted by atomic mass is 16.6. The third-order valence-corrected chi connectivity index (χ3v) is 15.1. The summed E-state index contributed by atoms with van der Waals surface area (Å²) in [5.74, 6) is 0.175. The molecule has 69 heavy (non-hydrogen) atoms. The summed E-state index contributed by atoms with van der Waals surface area (Å²) in [5.41, 5.74) is -0.522. The highest BCUT2D eigenvalue weighted by Crippen LogP contribution is 2.30. The summed E-state index contributed by atoms with van der Waals surface area (Å²) >= 11 is 0. The maximum atomic E-state index is 13.5. The van der Waals surface area contributed by atoms with E-state index in [0.29, 0.717) is 32.6 Å². The van der Waals surface area contributed by atoms with Crippen LogP contribution in [-0.2, 0) is 38.1 Å². The molecule has 0 radical (unpaired) electrons. The molecule has 2 saturated heterocycles. The lowest BCUT2D eigenvalue weighted by atomic mass is 9.86. The normalized spacial score (nSPS) is 16.9. The van der Waals surface area contributed by atoms with Gasteiger partial charge in [-0.05, 0) is 97.6 Å². The second-order valence-electron chi connectivity index (χ2n) is 22.3. The van der Waals surface area contributed by atoms with E-state index in [1.165, 1.54) is 116 Å². The zero-order valence-corrected chi connectivity index (χ0v) is 46.2. The zero-order valence-electron chi connectivity index (χ0n) is 46.2. The quantitative estimate of drug-likeness (QED) is 0.0332. The Balaban J connectivity index is 1.72. The lowest BCUT2D eigenvalue weighted by Crippen LogP contribution is -2.49. The molecular weight excluding hydrogens is 865 g/mol. The van der Waals surface area contributed by atoms with Crippen molar-refractivity contribution in [2.75, 3.05) is 46.4 Å².